The first-order valence-corrected chi connectivity index (χ1v) is 9.68. The minimum atomic E-state index is -0.0323. The lowest BCUT2D eigenvalue weighted by Gasteiger charge is -2.32. The van der Waals surface area contributed by atoms with Crippen LogP contribution in [-0.2, 0) is 4.79 Å². The first kappa shape index (κ1) is 17.6. The third-order valence-corrected chi connectivity index (χ3v) is 5.72. The fraction of sp³-hybridized carbons (Fsp3) is 0.350. The lowest BCUT2D eigenvalue weighted by atomic mass is 9.95. The summed E-state index contributed by atoms with van der Waals surface area (Å²) in [6.07, 6.45) is 4.91. The molecule has 9 heteroatoms. The van der Waals surface area contributed by atoms with E-state index in [0.717, 1.165) is 59.7 Å². The Balaban J connectivity index is 1.27. The molecule has 4 heterocycles. The zero-order valence-corrected chi connectivity index (χ0v) is 16.3. The minimum absolute atomic E-state index is 0.0323. The summed E-state index contributed by atoms with van der Waals surface area (Å²) in [4.78, 5) is 19.2. The number of benzene rings is 1. The van der Waals surface area contributed by atoms with Crippen LogP contribution in [0.1, 0.15) is 24.2 Å². The maximum Gasteiger partial charge on any atom is 0.227 e. The van der Waals surface area contributed by atoms with Gasteiger partial charge in [0.05, 0.1) is 12.4 Å². The van der Waals surface area contributed by atoms with Crippen molar-refractivity contribution in [2.75, 3.05) is 23.3 Å². The molecule has 5 rings (SSSR count). The number of nitrogens with one attached hydrogen (secondary N) is 1. The lowest BCUT2D eigenvalue weighted by Crippen LogP contribution is -2.39. The quantitative estimate of drug-likeness (QED) is 0.573. The van der Waals surface area contributed by atoms with E-state index in [-0.39, 0.29) is 11.8 Å². The molecule has 1 saturated heterocycles. The van der Waals surface area contributed by atoms with Crippen LogP contribution in [0.4, 0.5) is 11.5 Å². The SMILES string of the molecule is Cc1oc2ccc(NC(=O)C3CCN(c4cncc5nnnn45)CC3)cc2c1C. The Kier molecular flexibility index (Phi) is 4.15. The maximum absolute atomic E-state index is 12.8. The van der Waals surface area contributed by atoms with Gasteiger partial charge in [0.25, 0.3) is 0 Å². The van der Waals surface area contributed by atoms with Crippen LogP contribution in [0.5, 0.6) is 0 Å². The van der Waals surface area contributed by atoms with Crippen LogP contribution in [0.25, 0.3) is 16.6 Å². The van der Waals surface area contributed by atoms with E-state index in [1.165, 1.54) is 0 Å². The molecular weight excluding hydrogens is 370 g/mol. The molecule has 1 N–H and O–H groups in total. The van der Waals surface area contributed by atoms with Crippen LogP contribution in [0.15, 0.2) is 35.0 Å². The van der Waals surface area contributed by atoms with E-state index in [2.05, 4.69) is 30.7 Å². The summed E-state index contributed by atoms with van der Waals surface area (Å²) >= 11 is 0. The van der Waals surface area contributed by atoms with Crippen molar-refractivity contribution in [3.8, 4) is 0 Å². The Labute approximate surface area is 166 Å². The van der Waals surface area contributed by atoms with Gasteiger partial charge < -0.3 is 14.6 Å². The smallest absolute Gasteiger partial charge is 0.227 e. The van der Waals surface area contributed by atoms with Crippen molar-refractivity contribution in [3.05, 3.63) is 41.9 Å². The molecule has 4 aromatic rings. The number of carbonyl (C=O) groups excluding carboxylic acids is 1. The number of fused-ring (bicyclic) bond motifs is 2. The Hall–Kier alpha value is -3.49. The second-order valence-electron chi connectivity index (χ2n) is 7.46. The van der Waals surface area contributed by atoms with Crippen molar-refractivity contribution >= 4 is 34.0 Å². The third-order valence-electron chi connectivity index (χ3n) is 5.72. The predicted octanol–water partition coefficient (Wildman–Crippen LogP) is 2.74. The highest BCUT2D eigenvalue weighted by Crippen LogP contribution is 2.28. The topological polar surface area (TPSA) is 101 Å². The summed E-state index contributed by atoms with van der Waals surface area (Å²) in [6.45, 7) is 5.48. The fourth-order valence-corrected chi connectivity index (χ4v) is 3.91. The zero-order valence-electron chi connectivity index (χ0n) is 16.3. The number of hydrogen-bond donors (Lipinski definition) is 1. The largest absolute Gasteiger partial charge is 0.461 e. The van der Waals surface area contributed by atoms with E-state index in [1.54, 1.807) is 16.9 Å². The number of aryl methyl sites for hydroxylation is 2. The van der Waals surface area contributed by atoms with Gasteiger partial charge in [-0.1, -0.05) is 0 Å². The molecule has 1 amide bonds. The number of piperidine rings is 1. The molecule has 0 saturated carbocycles. The van der Waals surface area contributed by atoms with E-state index >= 15 is 0 Å². The van der Waals surface area contributed by atoms with E-state index < -0.39 is 0 Å². The summed E-state index contributed by atoms with van der Waals surface area (Å²) in [5.74, 6) is 1.78. The van der Waals surface area contributed by atoms with Gasteiger partial charge >= 0.3 is 0 Å². The van der Waals surface area contributed by atoms with Crippen LogP contribution in [0.3, 0.4) is 0 Å². The first-order valence-electron chi connectivity index (χ1n) is 9.68. The molecule has 3 aromatic heterocycles. The van der Waals surface area contributed by atoms with Crippen molar-refractivity contribution < 1.29 is 9.21 Å². The number of furan rings is 1. The normalized spacial score (nSPS) is 15.3. The van der Waals surface area contributed by atoms with Crippen LogP contribution >= 0.6 is 0 Å². The summed E-state index contributed by atoms with van der Waals surface area (Å²) in [7, 11) is 0. The number of nitrogens with zero attached hydrogens (tertiary/aromatic N) is 6. The summed E-state index contributed by atoms with van der Waals surface area (Å²) in [6, 6.07) is 5.79. The van der Waals surface area contributed by atoms with Crippen molar-refractivity contribution in [1.82, 2.24) is 25.0 Å². The molecular formula is C20H21N7O2. The molecule has 9 nitrogen and oxygen atoms in total. The van der Waals surface area contributed by atoms with E-state index in [4.69, 9.17) is 4.42 Å². The molecule has 0 unspecified atom stereocenters. The molecule has 1 aliphatic rings. The number of tetrazole rings is 1. The lowest BCUT2D eigenvalue weighted by molar-refractivity contribution is -0.120. The summed E-state index contributed by atoms with van der Waals surface area (Å²) < 4.78 is 7.39. The highest BCUT2D eigenvalue weighted by Gasteiger charge is 2.26. The molecule has 1 fully saturated rings. The maximum atomic E-state index is 12.8. The van der Waals surface area contributed by atoms with Crippen LogP contribution in [-0.4, -0.2) is 44.0 Å². The Bertz CT molecular complexity index is 1200. The van der Waals surface area contributed by atoms with Crippen molar-refractivity contribution in [2.24, 2.45) is 5.92 Å². The Morgan fingerprint density at radius 3 is 2.86 bits per heavy atom. The van der Waals surface area contributed by atoms with Gasteiger partial charge in [0, 0.05) is 30.1 Å². The van der Waals surface area contributed by atoms with Crippen molar-refractivity contribution in [1.29, 1.82) is 0 Å². The monoisotopic (exact) mass is 391 g/mol. The van der Waals surface area contributed by atoms with Gasteiger partial charge in [-0.05, 0) is 60.9 Å². The number of rotatable bonds is 3. The van der Waals surface area contributed by atoms with Gasteiger partial charge in [0.2, 0.25) is 5.91 Å². The van der Waals surface area contributed by atoms with Gasteiger partial charge in [-0.3, -0.25) is 9.78 Å². The highest BCUT2D eigenvalue weighted by atomic mass is 16.3. The van der Waals surface area contributed by atoms with Crippen LogP contribution in [0, 0.1) is 19.8 Å². The molecule has 0 bridgehead atoms. The fourth-order valence-electron chi connectivity index (χ4n) is 3.91. The molecule has 1 aliphatic heterocycles. The van der Waals surface area contributed by atoms with Crippen LogP contribution < -0.4 is 10.2 Å². The van der Waals surface area contributed by atoms with Gasteiger partial charge in [-0.25, -0.2) is 0 Å². The van der Waals surface area contributed by atoms with Gasteiger partial charge in [-0.15, -0.1) is 5.10 Å². The summed E-state index contributed by atoms with van der Waals surface area (Å²) in [5, 5.41) is 15.8. The molecule has 0 atom stereocenters. The third kappa shape index (κ3) is 3.08. The molecule has 0 aliphatic carbocycles. The van der Waals surface area contributed by atoms with E-state index in [0.29, 0.717) is 5.65 Å². The highest BCUT2D eigenvalue weighted by molar-refractivity contribution is 5.95. The first-order chi connectivity index (χ1) is 14.1. The molecule has 148 valence electrons. The molecule has 0 radical (unpaired) electrons. The van der Waals surface area contributed by atoms with Gasteiger partial charge in [0.1, 0.15) is 11.3 Å². The zero-order chi connectivity index (χ0) is 20.0. The van der Waals surface area contributed by atoms with Crippen molar-refractivity contribution in [2.45, 2.75) is 26.7 Å². The number of amides is 1. The van der Waals surface area contributed by atoms with E-state index in [9.17, 15) is 4.79 Å². The average Bonchev–Trinajstić information content (AvgIpc) is 3.33. The summed E-state index contributed by atoms with van der Waals surface area (Å²) in [5.41, 5.74) is 3.37. The minimum Gasteiger partial charge on any atom is -0.461 e. The number of hydrogen-bond acceptors (Lipinski definition) is 7. The van der Waals surface area contributed by atoms with Crippen molar-refractivity contribution in [3.63, 3.8) is 0 Å². The van der Waals surface area contributed by atoms with Gasteiger partial charge in [-0.2, -0.15) is 4.52 Å². The Morgan fingerprint density at radius 2 is 2.03 bits per heavy atom. The van der Waals surface area contributed by atoms with Gasteiger partial charge in [0.15, 0.2) is 11.5 Å². The van der Waals surface area contributed by atoms with E-state index in [1.807, 2.05) is 32.0 Å². The molecule has 1 aromatic carbocycles. The Morgan fingerprint density at radius 1 is 1.21 bits per heavy atom. The average molecular weight is 391 g/mol. The van der Waals surface area contributed by atoms with Crippen LogP contribution in [0.2, 0.25) is 0 Å². The number of anilines is 2. The number of aromatic nitrogens is 5. The second kappa shape index (κ2) is 6.84. The molecule has 29 heavy (non-hydrogen) atoms. The molecule has 0 spiro atoms. The second-order valence-corrected chi connectivity index (χ2v) is 7.46. The standard InChI is InChI=1S/C20H21N7O2/c1-12-13(2)29-17-4-3-15(9-16(12)17)22-20(28)14-5-7-26(8-6-14)19-11-21-10-18-23-24-25-27(18)19/h3-4,9-11,14H,5-8H2,1-2H3,(H,22,28). The number of carbonyl (C=O) groups is 1. The predicted molar refractivity (Wildman–Crippen MR) is 108 cm³/mol.